The smallest absolute Gasteiger partial charge is 0.377 e. The second kappa shape index (κ2) is 3.95. The molecule has 78 valence electrons. The van der Waals surface area contributed by atoms with E-state index in [1.165, 1.54) is 4.90 Å². The SMILES string of the molecule is CCOC(=O)/C(=N\O)N1CC1C(N)=O. The summed E-state index contributed by atoms with van der Waals surface area (Å²) in [5, 5.41) is 11.3. The van der Waals surface area contributed by atoms with Gasteiger partial charge in [-0.15, -0.1) is 0 Å². The summed E-state index contributed by atoms with van der Waals surface area (Å²) in [7, 11) is 0. The average Bonchev–Trinajstić information content (AvgIpc) is 2.86. The van der Waals surface area contributed by atoms with Crippen LogP contribution in [0, 0.1) is 0 Å². The maximum atomic E-state index is 11.1. The summed E-state index contributed by atoms with van der Waals surface area (Å²) in [6.07, 6.45) is 0. The lowest BCUT2D eigenvalue weighted by Crippen LogP contribution is -2.30. The van der Waals surface area contributed by atoms with Gasteiger partial charge in [0.15, 0.2) is 0 Å². The molecule has 1 amide bonds. The number of carbonyl (C=O) groups excluding carboxylic acids is 2. The van der Waals surface area contributed by atoms with E-state index in [9.17, 15) is 9.59 Å². The number of amides is 1. The van der Waals surface area contributed by atoms with E-state index in [-0.39, 0.29) is 19.0 Å². The number of rotatable bonds is 2. The van der Waals surface area contributed by atoms with E-state index in [1.54, 1.807) is 6.92 Å². The van der Waals surface area contributed by atoms with Crippen LogP contribution in [0.15, 0.2) is 5.16 Å². The third kappa shape index (κ3) is 1.93. The molecule has 0 saturated carbocycles. The number of nitrogens with two attached hydrogens (primary N) is 1. The zero-order valence-electron chi connectivity index (χ0n) is 7.64. The maximum absolute atomic E-state index is 11.1. The molecule has 14 heavy (non-hydrogen) atoms. The van der Waals surface area contributed by atoms with Crippen LogP contribution in [0.1, 0.15) is 6.92 Å². The highest BCUT2D eigenvalue weighted by Gasteiger charge is 2.44. The molecule has 0 radical (unpaired) electrons. The Labute approximate surface area is 80.1 Å². The van der Waals surface area contributed by atoms with E-state index < -0.39 is 17.9 Å². The van der Waals surface area contributed by atoms with Crippen molar-refractivity contribution in [2.45, 2.75) is 13.0 Å². The van der Waals surface area contributed by atoms with Gasteiger partial charge in [-0.3, -0.25) is 4.79 Å². The Bertz CT molecular complexity index is 289. The topological polar surface area (TPSA) is 105 Å². The molecule has 0 aromatic rings. The van der Waals surface area contributed by atoms with Crippen LogP contribution in [0.3, 0.4) is 0 Å². The fourth-order valence-corrected chi connectivity index (χ4v) is 1.03. The number of carbonyl (C=O) groups is 2. The lowest BCUT2D eigenvalue weighted by Gasteiger charge is -2.04. The van der Waals surface area contributed by atoms with Gasteiger partial charge < -0.3 is 20.6 Å². The van der Waals surface area contributed by atoms with Crippen LogP contribution < -0.4 is 5.73 Å². The Morgan fingerprint density at radius 3 is 2.71 bits per heavy atom. The number of primary amides is 1. The first-order valence-corrected chi connectivity index (χ1v) is 4.07. The van der Waals surface area contributed by atoms with Crippen molar-refractivity contribution < 1.29 is 19.5 Å². The zero-order valence-corrected chi connectivity index (χ0v) is 7.64. The number of ether oxygens (including phenoxy) is 1. The molecule has 1 fully saturated rings. The lowest BCUT2D eigenvalue weighted by atomic mass is 10.4. The first-order chi connectivity index (χ1) is 6.61. The van der Waals surface area contributed by atoms with Crippen molar-refractivity contribution in [1.82, 2.24) is 4.90 Å². The van der Waals surface area contributed by atoms with E-state index in [4.69, 9.17) is 10.9 Å². The summed E-state index contributed by atoms with van der Waals surface area (Å²) in [5.41, 5.74) is 4.99. The quantitative estimate of drug-likeness (QED) is 0.141. The van der Waals surface area contributed by atoms with E-state index >= 15 is 0 Å². The molecule has 1 heterocycles. The second-order valence-electron chi connectivity index (χ2n) is 2.71. The summed E-state index contributed by atoms with van der Waals surface area (Å²) in [5.74, 6) is -1.61. The van der Waals surface area contributed by atoms with Gasteiger partial charge in [0, 0.05) is 0 Å². The van der Waals surface area contributed by atoms with E-state index in [0.717, 1.165) is 0 Å². The standard InChI is InChI=1S/C7H11N3O4/c1-2-14-7(12)6(9-13)10-3-4(10)5(8)11/h4,13H,2-3H2,1H3,(H2,8,11)/b9-6+. The Kier molecular flexibility index (Phi) is 2.90. The van der Waals surface area contributed by atoms with Gasteiger partial charge in [-0.1, -0.05) is 5.16 Å². The van der Waals surface area contributed by atoms with Crippen molar-refractivity contribution in [3.63, 3.8) is 0 Å². The molecule has 0 aromatic carbocycles. The summed E-state index contributed by atoms with van der Waals surface area (Å²) in [6, 6.07) is -0.565. The van der Waals surface area contributed by atoms with Gasteiger partial charge in [0.05, 0.1) is 13.2 Å². The minimum atomic E-state index is -0.765. The molecule has 1 rings (SSSR count). The molecule has 0 bridgehead atoms. The highest BCUT2D eigenvalue weighted by Crippen LogP contribution is 2.17. The van der Waals surface area contributed by atoms with Crippen LogP contribution in [0.4, 0.5) is 0 Å². The highest BCUT2D eigenvalue weighted by molar-refractivity contribution is 6.36. The second-order valence-corrected chi connectivity index (χ2v) is 2.71. The molecule has 7 heteroatoms. The highest BCUT2D eigenvalue weighted by atomic mass is 16.5. The van der Waals surface area contributed by atoms with Crippen LogP contribution in [0.5, 0.6) is 0 Å². The molecule has 7 nitrogen and oxygen atoms in total. The maximum Gasteiger partial charge on any atom is 0.377 e. The normalized spacial score (nSPS) is 20.5. The Morgan fingerprint density at radius 2 is 2.36 bits per heavy atom. The summed E-state index contributed by atoms with van der Waals surface area (Å²) in [4.78, 5) is 23.0. The van der Waals surface area contributed by atoms with E-state index in [1.807, 2.05) is 0 Å². The van der Waals surface area contributed by atoms with Crippen LogP contribution in [0.25, 0.3) is 0 Å². The number of oxime groups is 1. The Hall–Kier alpha value is -1.79. The van der Waals surface area contributed by atoms with Crippen LogP contribution in [-0.2, 0) is 14.3 Å². The molecule has 0 aliphatic carbocycles. The minimum Gasteiger partial charge on any atom is -0.460 e. The fraction of sp³-hybridized carbons (Fsp3) is 0.571. The first-order valence-electron chi connectivity index (χ1n) is 4.07. The zero-order chi connectivity index (χ0) is 10.7. The lowest BCUT2D eigenvalue weighted by molar-refractivity contribution is -0.135. The van der Waals surface area contributed by atoms with Crippen LogP contribution in [0.2, 0.25) is 0 Å². The van der Waals surface area contributed by atoms with E-state index in [2.05, 4.69) is 9.89 Å². The van der Waals surface area contributed by atoms with E-state index in [0.29, 0.717) is 0 Å². The molecule has 3 N–H and O–H groups in total. The minimum absolute atomic E-state index is 0.174. The molecule has 1 aliphatic heterocycles. The number of nitrogens with zero attached hydrogens (tertiary/aromatic N) is 2. The van der Waals surface area contributed by atoms with Crippen LogP contribution in [-0.4, -0.2) is 47.0 Å². The number of amidine groups is 1. The molecule has 0 spiro atoms. The number of hydrogen-bond acceptors (Lipinski definition) is 5. The molecule has 1 saturated heterocycles. The van der Waals surface area contributed by atoms with Crippen molar-refractivity contribution >= 4 is 17.7 Å². The predicted molar refractivity (Wildman–Crippen MR) is 45.5 cm³/mol. The van der Waals surface area contributed by atoms with Crippen molar-refractivity contribution in [2.24, 2.45) is 10.9 Å². The molecule has 1 unspecified atom stereocenters. The molecular formula is C7H11N3O4. The number of hydrogen-bond donors (Lipinski definition) is 2. The first kappa shape index (κ1) is 10.3. The largest absolute Gasteiger partial charge is 0.460 e. The average molecular weight is 201 g/mol. The third-order valence-electron chi connectivity index (χ3n) is 1.77. The van der Waals surface area contributed by atoms with Crippen molar-refractivity contribution in [1.29, 1.82) is 0 Å². The fourth-order valence-electron chi connectivity index (χ4n) is 1.03. The van der Waals surface area contributed by atoms with Gasteiger partial charge in [0.25, 0.3) is 5.84 Å². The van der Waals surface area contributed by atoms with Crippen LogP contribution >= 0.6 is 0 Å². The van der Waals surface area contributed by atoms with Gasteiger partial charge >= 0.3 is 5.97 Å². The van der Waals surface area contributed by atoms with Gasteiger partial charge in [0.1, 0.15) is 6.04 Å². The Morgan fingerprint density at radius 1 is 1.71 bits per heavy atom. The van der Waals surface area contributed by atoms with Gasteiger partial charge in [-0.25, -0.2) is 4.79 Å². The molecule has 1 aliphatic rings. The molecular weight excluding hydrogens is 190 g/mol. The van der Waals surface area contributed by atoms with Crippen molar-refractivity contribution in [3.05, 3.63) is 0 Å². The summed E-state index contributed by atoms with van der Waals surface area (Å²) < 4.78 is 4.60. The van der Waals surface area contributed by atoms with Crippen molar-refractivity contribution in [3.8, 4) is 0 Å². The summed E-state index contributed by atoms with van der Waals surface area (Å²) in [6.45, 7) is 2.08. The monoisotopic (exact) mass is 201 g/mol. The van der Waals surface area contributed by atoms with Gasteiger partial charge in [-0.05, 0) is 6.92 Å². The number of esters is 1. The van der Waals surface area contributed by atoms with Gasteiger partial charge in [0.2, 0.25) is 5.91 Å². The Balaban J connectivity index is 2.59. The predicted octanol–water partition coefficient (Wildman–Crippen LogP) is -1.49. The molecule has 0 aromatic heterocycles. The van der Waals surface area contributed by atoms with Crippen molar-refractivity contribution in [2.75, 3.05) is 13.2 Å². The van der Waals surface area contributed by atoms with Gasteiger partial charge in [-0.2, -0.15) is 0 Å². The molecule has 1 atom stereocenters. The summed E-state index contributed by atoms with van der Waals surface area (Å²) >= 11 is 0. The third-order valence-corrected chi connectivity index (χ3v) is 1.77.